The molecular weight excluding hydrogens is 208 g/mol. The van der Waals surface area contributed by atoms with Crippen LogP contribution in [0.25, 0.3) is 0 Å². The van der Waals surface area contributed by atoms with Gasteiger partial charge >= 0.3 is 0 Å². The maximum Gasteiger partial charge on any atom is 0.00141 e. The molecule has 2 aromatic heterocycles. The van der Waals surface area contributed by atoms with Gasteiger partial charge in [-0.15, -0.1) is 11.3 Å². The molecule has 0 nitrogen and oxygen atoms in total. The van der Waals surface area contributed by atoms with Crippen LogP contribution in [0.5, 0.6) is 0 Å². The lowest BCUT2D eigenvalue weighted by Crippen LogP contribution is -1.47. The Morgan fingerprint density at radius 1 is 1.00 bits per heavy atom. The Labute approximate surface area is 96.2 Å². The predicted molar refractivity (Wildman–Crippen MR) is 71.6 cm³/mol. The van der Waals surface area contributed by atoms with Gasteiger partial charge in [0.1, 0.15) is 0 Å². The van der Waals surface area contributed by atoms with Crippen molar-refractivity contribution in [1.29, 1.82) is 0 Å². The van der Waals surface area contributed by atoms with E-state index < -0.39 is 0 Å². The van der Waals surface area contributed by atoms with E-state index in [4.69, 9.17) is 0 Å². The Balaban J connectivity index is 0. The Morgan fingerprint density at radius 2 is 1.71 bits per heavy atom. The van der Waals surface area contributed by atoms with Crippen LogP contribution in [0.1, 0.15) is 25.3 Å². The minimum absolute atomic E-state index is 0. The summed E-state index contributed by atoms with van der Waals surface area (Å²) in [6.07, 6.45) is 0. The fourth-order valence-corrected chi connectivity index (χ4v) is 1.89. The van der Waals surface area contributed by atoms with E-state index in [9.17, 15) is 0 Å². The largest absolute Gasteiger partial charge is 0.152 e. The topological polar surface area (TPSA) is 0 Å². The second-order valence-corrected chi connectivity index (χ2v) is 4.46. The van der Waals surface area contributed by atoms with Crippen molar-refractivity contribution in [2.45, 2.75) is 28.7 Å². The second-order valence-electron chi connectivity index (χ2n) is 2.52. The van der Waals surface area contributed by atoms with Crippen molar-refractivity contribution in [1.82, 2.24) is 0 Å². The Bertz CT molecular complexity index is 248. The van der Waals surface area contributed by atoms with Crippen LogP contribution in [-0.2, 0) is 0 Å². The van der Waals surface area contributed by atoms with E-state index in [2.05, 4.69) is 48.2 Å². The molecule has 0 aliphatic heterocycles. The van der Waals surface area contributed by atoms with Gasteiger partial charge in [-0.25, -0.2) is 0 Å². The predicted octanol–water partition coefficient (Wildman–Crippen LogP) is 5.39. The monoisotopic (exact) mass is 228 g/mol. The maximum atomic E-state index is 2.12. The van der Waals surface area contributed by atoms with Crippen molar-refractivity contribution in [3.05, 3.63) is 44.8 Å². The third kappa shape index (κ3) is 6.87. The average Bonchev–Trinajstić information content (AvgIpc) is 2.63. The Morgan fingerprint density at radius 3 is 1.86 bits per heavy atom. The summed E-state index contributed by atoms with van der Waals surface area (Å²) in [5.41, 5.74) is 1.36. The number of aryl methyl sites for hydroxylation is 2. The summed E-state index contributed by atoms with van der Waals surface area (Å²) in [5, 5.41) is 6.28. The van der Waals surface area contributed by atoms with Crippen LogP contribution in [0.2, 0.25) is 0 Å². The van der Waals surface area contributed by atoms with Crippen molar-refractivity contribution < 1.29 is 0 Å². The van der Waals surface area contributed by atoms with Gasteiger partial charge in [0.25, 0.3) is 0 Å². The van der Waals surface area contributed by atoms with Gasteiger partial charge in [0, 0.05) is 4.88 Å². The van der Waals surface area contributed by atoms with Crippen LogP contribution in [0.15, 0.2) is 34.3 Å². The van der Waals surface area contributed by atoms with Gasteiger partial charge in [-0.1, -0.05) is 20.9 Å². The normalized spacial score (nSPS) is 7.57. The van der Waals surface area contributed by atoms with Gasteiger partial charge in [0.2, 0.25) is 0 Å². The summed E-state index contributed by atoms with van der Waals surface area (Å²) in [4.78, 5) is 1.38. The number of rotatable bonds is 0. The van der Waals surface area contributed by atoms with E-state index in [0.29, 0.717) is 0 Å². The van der Waals surface area contributed by atoms with Gasteiger partial charge in [0.05, 0.1) is 0 Å². The van der Waals surface area contributed by atoms with Crippen LogP contribution in [0.3, 0.4) is 0 Å². The zero-order chi connectivity index (χ0) is 8.81. The molecule has 0 aromatic carbocycles. The lowest BCUT2D eigenvalue weighted by Gasteiger charge is -1.65. The summed E-state index contributed by atoms with van der Waals surface area (Å²) in [6, 6.07) is 6.26. The first-order valence-corrected chi connectivity index (χ1v) is 5.60. The minimum atomic E-state index is 0. The van der Waals surface area contributed by atoms with Crippen molar-refractivity contribution in [3.8, 4) is 0 Å². The standard InChI is InChI=1S/2C5H6S.2CH4/c1-5-2-3-6-4-5;1-5-3-2-4-6-5;;/h2*2-4H,1H3;2*1H4. The molecule has 0 fully saturated rings. The molecule has 80 valence electrons. The Kier molecular flexibility index (Phi) is 10.2. The van der Waals surface area contributed by atoms with Gasteiger partial charge in [0.15, 0.2) is 0 Å². The number of hydrogen-bond donors (Lipinski definition) is 0. The molecule has 0 saturated heterocycles. The fraction of sp³-hybridized carbons (Fsp3) is 0.333. The molecule has 2 heterocycles. The quantitative estimate of drug-likeness (QED) is 0.567. The highest BCUT2D eigenvalue weighted by Crippen LogP contribution is 2.03. The van der Waals surface area contributed by atoms with Gasteiger partial charge < -0.3 is 0 Å². The molecule has 0 saturated carbocycles. The SMILES string of the molecule is C.C.Cc1cccs1.Cc1ccsc1. The summed E-state index contributed by atoms with van der Waals surface area (Å²) in [5.74, 6) is 0. The Hall–Kier alpha value is -0.600. The molecule has 2 heteroatoms. The lowest BCUT2D eigenvalue weighted by molar-refractivity contribution is 1.56. The molecule has 0 bridgehead atoms. The third-order valence-electron chi connectivity index (χ3n) is 1.33. The molecule has 0 aliphatic carbocycles. The highest BCUT2D eigenvalue weighted by atomic mass is 32.1. The zero-order valence-corrected chi connectivity index (χ0v) is 8.91. The molecule has 0 aliphatic rings. The van der Waals surface area contributed by atoms with Crippen LogP contribution in [0.4, 0.5) is 0 Å². The van der Waals surface area contributed by atoms with Crippen molar-refractivity contribution >= 4 is 22.7 Å². The highest BCUT2D eigenvalue weighted by Gasteiger charge is 1.75. The summed E-state index contributed by atoms with van der Waals surface area (Å²) >= 11 is 3.52. The molecule has 0 atom stereocenters. The van der Waals surface area contributed by atoms with Crippen LogP contribution < -0.4 is 0 Å². The number of hydrogen-bond acceptors (Lipinski definition) is 2. The van der Waals surface area contributed by atoms with Gasteiger partial charge in [-0.2, -0.15) is 11.3 Å². The van der Waals surface area contributed by atoms with Crippen LogP contribution in [0, 0.1) is 13.8 Å². The molecule has 0 amide bonds. The average molecular weight is 228 g/mol. The zero-order valence-electron chi connectivity index (χ0n) is 7.28. The highest BCUT2D eigenvalue weighted by molar-refractivity contribution is 7.09. The van der Waals surface area contributed by atoms with E-state index >= 15 is 0 Å². The fourth-order valence-electron chi connectivity index (χ4n) is 0.693. The molecule has 0 unspecified atom stereocenters. The molecule has 2 rings (SSSR count). The molecule has 2 aromatic rings. The molecule has 0 N–H and O–H groups in total. The smallest absolute Gasteiger partial charge is 0.00141 e. The molecule has 0 spiro atoms. The van der Waals surface area contributed by atoms with E-state index in [1.807, 2.05) is 0 Å². The first kappa shape index (κ1) is 15.9. The van der Waals surface area contributed by atoms with Crippen LogP contribution in [-0.4, -0.2) is 0 Å². The van der Waals surface area contributed by atoms with Gasteiger partial charge in [-0.3, -0.25) is 0 Å². The number of thiophene rings is 2. The minimum Gasteiger partial charge on any atom is -0.152 e. The van der Waals surface area contributed by atoms with E-state index in [-0.39, 0.29) is 14.9 Å². The first-order valence-electron chi connectivity index (χ1n) is 3.78. The van der Waals surface area contributed by atoms with E-state index in [1.54, 1.807) is 22.7 Å². The van der Waals surface area contributed by atoms with Crippen molar-refractivity contribution in [2.75, 3.05) is 0 Å². The van der Waals surface area contributed by atoms with Crippen molar-refractivity contribution in [3.63, 3.8) is 0 Å². The van der Waals surface area contributed by atoms with Crippen LogP contribution >= 0.6 is 22.7 Å². The molecular formula is C12H20S2. The van der Waals surface area contributed by atoms with E-state index in [0.717, 1.165) is 0 Å². The molecule has 0 radical (unpaired) electrons. The van der Waals surface area contributed by atoms with Crippen molar-refractivity contribution in [2.24, 2.45) is 0 Å². The molecule has 14 heavy (non-hydrogen) atoms. The first-order chi connectivity index (χ1) is 5.79. The summed E-state index contributed by atoms with van der Waals surface area (Å²) in [7, 11) is 0. The lowest BCUT2D eigenvalue weighted by atomic mass is 10.4. The summed E-state index contributed by atoms with van der Waals surface area (Å²) < 4.78 is 0. The second kappa shape index (κ2) is 8.97. The van der Waals surface area contributed by atoms with E-state index in [1.165, 1.54) is 10.4 Å². The summed E-state index contributed by atoms with van der Waals surface area (Å²) in [6.45, 7) is 4.20. The van der Waals surface area contributed by atoms with Gasteiger partial charge in [-0.05, 0) is 47.7 Å². The maximum absolute atomic E-state index is 2.12. The third-order valence-corrected chi connectivity index (χ3v) is 2.93.